The van der Waals surface area contributed by atoms with Crippen LogP contribution in [0.3, 0.4) is 0 Å². The van der Waals surface area contributed by atoms with E-state index in [2.05, 4.69) is 79.9 Å². The number of benzene rings is 2. The molecule has 0 unspecified atom stereocenters. The summed E-state index contributed by atoms with van der Waals surface area (Å²) < 4.78 is 0. The van der Waals surface area contributed by atoms with Crippen molar-refractivity contribution in [3.8, 4) is 0 Å². The van der Waals surface area contributed by atoms with Gasteiger partial charge < -0.3 is 10.6 Å². The summed E-state index contributed by atoms with van der Waals surface area (Å²) in [4.78, 5) is 0. The first-order chi connectivity index (χ1) is 9.74. The smallest absolute Gasteiger partial charge is 0.0340 e. The second kappa shape index (κ2) is 6.99. The molecule has 2 N–H and O–H groups in total. The van der Waals surface area contributed by atoms with Gasteiger partial charge in [-0.25, -0.2) is 0 Å². The molecule has 0 aromatic heterocycles. The van der Waals surface area contributed by atoms with Crippen molar-refractivity contribution in [2.45, 2.75) is 26.7 Å². The molecule has 2 aromatic rings. The van der Waals surface area contributed by atoms with Crippen LogP contribution in [0, 0.1) is 0 Å². The molecule has 0 saturated heterocycles. The van der Waals surface area contributed by atoms with E-state index in [-0.39, 0.29) is 0 Å². The predicted molar refractivity (Wildman–Crippen MR) is 88.7 cm³/mol. The molecule has 0 amide bonds. The summed E-state index contributed by atoms with van der Waals surface area (Å²) in [5.41, 5.74) is 5.07. The van der Waals surface area contributed by atoms with E-state index in [1.807, 2.05) is 0 Å². The Morgan fingerprint density at radius 2 is 1.05 bits per heavy atom. The fourth-order valence-corrected chi connectivity index (χ4v) is 2.38. The lowest BCUT2D eigenvalue weighted by Gasteiger charge is -2.14. The molecule has 0 aliphatic rings. The molecule has 0 saturated carbocycles. The zero-order chi connectivity index (χ0) is 14.4. The van der Waals surface area contributed by atoms with E-state index in [1.165, 1.54) is 22.5 Å². The first kappa shape index (κ1) is 14.4. The highest BCUT2D eigenvalue weighted by molar-refractivity contribution is 5.49. The van der Waals surface area contributed by atoms with Gasteiger partial charge in [-0.1, -0.05) is 31.2 Å². The molecule has 0 aliphatic heterocycles. The number of anilines is 2. The molecular formula is C18H24N2. The molecule has 0 heterocycles. The molecule has 0 aliphatic carbocycles. The highest BCUT2D eigenvalue weighted by Crippen LogP contribution is 2.26. The van der Waals surface area contributed by atoms with E-state index in [1.54, 1.807) is 0 Å². The Labute approximate surface area is 122 Å². The minimum atomic E-state index is 0.418. The summed E-state index contributed by atoms with van der Waals surface area (Å²) in [6, 6.07) is 17.5. The number of hydrogen-bond acceptors (Lipinski definition) is 2. The van der Waals surface area contributed by atoms with Crippen LogP contribution >= 0.6 is 0 Å². The summed E-state index contributed by atoms with van der Waals surface area (Å²) in [6.45, 7) is 8.40. The maximum atomic E-state index is 3.33. The Hall–Kier alpha value is -1.96. The minimum absolute atomic E-state index is 0.418. The molecule has 2 heteroatoms. The van der Waals surface area contributed by atoms with Gasteiger partial charge in [-0.2, -0.15) is 0 Å². The summed E-state index contributed by atoms with van der Waals surface area (Å²) in [5.74, 6) is 0.418. The van der Waals surface area contributed by atoms with Gasteiger partial charge in [0.2, 0.25) is 0 Å². The molecule has 0 bridgehead atoms. The first-order valence-electron chi connectivity index (χ1n) is 7.42. The Balaban J connectivity index is 2.11. The Morgan fingerprint density at radius 1 is 0.700 bits per heavy atom. The monoisotopic (exact) mass is 268 g/mol. The highest BCUT2D eigenvalue weighted by Gasteiger charge is 2.08. The van der Waals surface area contributed by atoms with Crippen molar-refractivity contribution < 1.29 is 0 Å². The second-order valence-corrected chi connectivity index (χ2v) is 5.03. The largest absolute Gasteiger partial charge is 0.385 e. The summed E-state index contributed by atoms with van der Waals surface area (Å²) in [6.07, 6.45) is 0. The van der Waals surface area contributed by atoms with Crippen LogP contribution in [0.4, 0.5) is 11.4 Å². The average Bonchev–Trinajstić information content (AvgIpc) is 2.49. The lowest BCUT2D eigenvalue weighted by molar-refractivity contribution is 0.922. The van der Waals surface area contributed by atoms with Gasteiger partial charge in [0.05, 0.1) is 0 Å². The normalized spacial score (nSPS) is 10.6. The van der Waals surface area contributed by atoms with Gasteiger partial charge in [-0.05, 0) is 49.2 Å². The molecule has 2 nitrogen and oxygen atoms in total. The molecular weight excluding hydrogens is 244 g/mol. The molecule has 106 valence electrons. The zero-order valence-electron chi connectivity index (χ0n) is 12.6. The highest BCUT2D eigenvalue weighted by atomic mass is 14.8. The van der Waals surface area contributed by atoms with Gasteiger partial charge in [0.25, 0.3) is 0 Å². The lowest BCUT2D eigenvalue weighted by atomic mass is 9.93. The van der Waals surface area contributed by atoms with E-state index >= 15 is 0 Å². The minimum Gasteiger partial charge on any atom is -0.385 e. The SMILES string of the molecule is CCNc1ccc(C(C)c2ccc(NCC)cc2)cc1. The second-order valence-electron chi connectivity index (χ2n) is 5.03. The van der Waals surface area contributed by atoms with Crippen LogP contribution < -0.4 is 10.6 Å². The van der Waals surface area contributed by atoms with Crippen LogP contribution in [-0.4, -0.2) is 13.1 Å². The first-order valence-corrected chi connectivity index (χ1v) is 7.42. The number of nitrogens with one attached hydrogen (secondary N) is 2. The van der Waals surface area contributed by atoms with E-state index in [9.17, 15) is 0 Å². The number of hydrogen-bond donors (Lipinski definition) is 2. The molecule has 2 rings (SSSR count). The van der Waals surface area contributed by atoms with Crippen molar-refractivity contribution in [3.63, 3.8) is 0 Å². The van der Waals surface area contributed by atoms with Crippen molar-refractivity contribution >= 4 is 11.4 Å². The van der Waals surface area contributed by atoms with Crippen LogP contribution in [0.1, 0.15) is 37.8 Å². The van der Waals surface area contributed by atoms with Crippen LogP contribution in [0.25, 0.3) is 0 Å². The Morgan fingerprint density at radius 3 is 1.35 bits per heavy atom. The van der Waals surface area contributed by atoms with E-state index in [4.69, 9.17) is 0 Å². The van der Waals surface area contributed by atoms with Crippen LogP contribution in [0.5, 0.6) is 0 Å². The van der Waals surface area contributed by atoms with Gasteiger partial charge in [0.15, 0.2) is 0 Å². The zero-order valence-corrected chi connectivity index (χ0v) is 12.6. The van der Waals surface area contributed by atoms with E-state index in [0.717, 1.165) is 13.1 Å². The molecule has 0 atom stereocenters. The molecule has 0 spiro atoms. The summed E-state index contributed by atoms with van der Waals surface area (Å²) in [7, 11) is 0. The third-order valence-electron chi connectivity index (χ3n) is 3.58. The molecule has 0 radical (unpaired) electrons. The average molecular weight is 268 g/mol. The molecule has 20 heavy (non-hydrogen) atoms. The summed E-state index contributed by atoms with van der Waals surface area (Å²) in [5, 5.41) is 6.65. The number of rotatable bonds is 6. The van der Waals surface area contributed by atoms with Crippen molar-refractivity contribution in [1.29, 1.82) is 0 Å². The fraction of sp³-hybridized carbons (Fsp3) is 0.333. The Bertz CT molecular complexity index is 465. The van der Waals surface area contributed by atoms with Gasteiger partial charge in [-0.3, -0.25) is 0 Å². The van der Waals surface area contributed by atoms with Gasteiger partial charge in [0, 0.05) is 30.4 Å². The van der Waals surface area contributed by atoms with E-state index in [0.29, 0.717) is 5.92 Å². The quantitative estimate of drug-likeness (QED) is 0.793. The van der Waals surface area contributed by atoms with Crippen molar-refractivity contribution in [2.75, 3.05) is 23.7 Å². The topological polar surface area (TPSA) is 24.1 Å². The maximum Gasteiger partial charge on any atom is 0.0340 e. The third-order valence-corrected chi connectivity index (χ3v) is 3.58. The third kappa shape index (κ3) is 3.53. The van der Waals surface area contributed by atoms with Crippen LogP contribution in [0.15, 0.2) is 48.5 Å². The Kier molecular flexibility index (Phi) is 5.05. The van der Waals surface area contributed by atoms with Crippen LogP contribution in [-0.2, 0) is 0 Å². The van der Waals surface area contributed by atoms with E-state index < -0.39 is 0 Å². The maximum absolute atomic E-state index is 3.33. The standard InChI is InChI=1S/C18H24N2/c1-4-19-17-10-6-15(7-11-17)14(3)16-8-12-18(13-9-16)20-5-2/h6-14,19-20H,4-5H2,1-3H3. The van der Waals surface area contributed by atoms with Crippen molar-refractivity contribution in [1.82, 2.24) is 0 Å². The van der Waals surface area contributed by atoms with Crippen LogP contribution in [0.2, 0.25) is 0 Å². The van der Waals surface area contributed by atoms with Gasteiger partial charge in [0.1, 0.15) is 0 Å². The van der Waals surface area contributed by atoms with Crippen molar-refractivity contribution in [2.24, 2.45) is 0 Å². The lowest BCUT2D eigenvalue weighted by Crippen LogP contribution is -2.00. The molecule has 2 aromatic carbocycles. The molecule has 0 fully saturated rings. The van der Waals surface area contributed by atoms with Crippen molar-refractivity contribution in [3.05, 3.63) is 59.7 Å². The predicted octanol–water partition coefficient (Wildman–Crippen LogP) is 4.70. The van der Waals surface area contributed by atoms with Gasteiger partial charge in [-0.15, -0.1) is 0 Å². The van der Waals surface area contributed by atoms with Gasteiger partial charge >= 0.3 is 0 Å². The summed E-state index contributed by atoms with van der Waals surface area (Å²) >= 11 is 0. The fourth-order valence-electron chi connectivity index (χ4n) is 2.38.